The van der Waals surface area contributed by atoms with Crippen LogP contribution in [0.15, 0.2) is 17.5 Å². The van der Waals surface area contributed by atoms with E-state index in [1.807, 2.05) is 4.90 Å². The van der Waals surface area contributed by atoms with Gasteiger partial charge in [0.1, 0.15) is 5.01 Å². The lowest BCUT2D eigenvalue weighted by molar-refractivity contribution is -0.136. The second-order valence-corrected chi connectivity index (χ2v) is 6.44. The first-order valence-corrected chi connectivity index (χ1v) is 8.19. The van der Waals surface area contributed by atoms with Gasteiger partial charge in [-0.2, -0.15) is 0 Å². The molecule has 2 atom stereocenters. The zero-order valence-electron chi connectivity index (χ0n) is 11.7. The summed E-state index contributed by atoms with van der Waals surface area (Å²) in [6.45, 7) is 0.756. The molecule has 1 amide bonds. The Kier molecular flexibility index (Phi) is 4.05. The van der Waals surface area contributed by atoms with Gasteiger partial charge in [-0.05, 0) is 32.1 Å². The van der Waals surface area contributed by atoms with Gasteiger partial charge in [-0.3, -0.25) is 4.79 Å². The molecule has 1 aliphatic heterocycles. The van der Waals surface area contributed by atoms with Gasteiger partial charge in [0.05, 0.1) is 6.04 Å². The molecule has 0 bridgehead atoms. The van der Waals surface area contributed by atoms with Crippen molar-refractivity contribution < 1.29 is 14.7 Å². The highest BCUT2D eigenvalue weighted by Gasteiger charge is 2.35. The van der Waals surface area contributed by atoms with E-state index in [4.69, 9.17) is 5.11 Å². The number of likely N-dealkylation sites (tertiary alicyclic amines) is 1. The summed E-state index contributed by atoms with van der Waals surface area (Å²) in [6, 6.07) is -0.0403. The number of carboxylic acids is 1. The van der Waals surface area contributed by atoms with Gasteiger partial charge >= 0.3 is 5.97 Å². The number of amides is 1. The van der Waals surface area contributed by atoms with Crippen LogP contribution in [0.5, 0.6) is 0 Å². The average molecular weight is 306 g/mol. The highest BCUT2D eigenvalue weighted by atomic mass is 32.1. The van der Waals surface area contributed by atoms with Crippen molar-refractivity contribution in [3.63, 3.8) is 0 Å². The van der Waals surface area contributed by atoms with Gasteiger partial charge < -0.3 is 10.0 Å². The minimum atomic E-state index is -1.01. The summed E-state index contributed by atoms with van der Waals surface area (Å²) in [5, 5.41) is 11.3. The first kappa shape index (κ1) is 14.3. The van der Waals surface area contributed by atoms with Crippen molar-refractivity contribution in [1.82, 2.24) is 9.88 Å². The number of carbonyl (C=O) groups is 2. The topological polar surface area (TPSA) is 70.5 Å². The van der Waals surface area contributed by atoms with E-state index in [9.17, 15) is 9.59 Å². The van der Waals surface area contributed by atoms with Crippen LogP contribution in [0.1, 0.15) is 53.6 Å². The molecule has 1 aromatic rings. The van der Waals surface area contributed by atoms with Gasteiger partial charge in [-0.15, -0.1) is 11.3 Å². The largest absolute Gasteiger partial charge is 0.476 e. The van der Waals surface area contributed by atoms with E-state index in [0.717, 1.165) is 43.7 Å². The molecule has 1 aromatic heterocycles. The predicted molar refractivity (Wildman–Crippen MR) is 79.2 cm³/mol. The maximum Gasteiger partial charge on any atom is 0.355 e. The summed E-state index contributed by atoms with van der Waals surface area (Å²) in [5.74, 6) is -0.728. The number of allylic oxidation sites excluding steroid dienone is 2. The van der Waals surface area contributed by atoms with Crippen molar-refractivity contribution in [1.29, 1.82) is 0 Å². The Morgan fingerprint density at radius 3 is 2.86 bits per heavy atom. The second-order valence-electron chi connectivity index (χ2n) is 5.55. The van der Waals surface area contributed by atoms with Gasteiger partial charge in [0.25, 0.3) is 0 Å². The Morgan fingerprint density at radius 2 is 2.19 bits per heavy atom. The highest BCUT2D eigenvalue weighted by Crippen LogP contribution is 2.36. The van der Waals surface area contributed by atoms with Gasteiger partial charge in [-0.25, -0.2) is 9.78 Å². The average Bonchev–Trinajstić information content (AvgIpc) is 3.16. The van der Waals surface area contributed by atoms with Crippen LogP contribution in [-0.2, 0) is 4.79 Å². The van der Waals surface area contributed by atoms with E-state index >= 15 is 0 Å². The Balaban J connectivity index is 1.76. The van der Waals surface area contributed by atoms with Crippen LogP contribution in [0.3, 0.4) is 0 Å². The molecule has 2 unspecified atom stereocenters. The molecule has 2 aliphatic rings. The summed E-state index contributed by atoms with van der Waals surface area (Å²) in [4.78, 5) is 29.7. The molecule has 1 fully saturated rings. The number of hydrogen-bond acceptors (Lipinski definition) is 4. The lowest BCUT2D eigenvalue weighted by atomic mass is 9.93. The molecule has 1 aliphatic carbocycles. The van der Waals surface area contributed by atoms with Crippen molar-refractivity contribution in [3.05, 3.63) is 28.2 Å². The van der Waals surface area contributed by atoms with Crippen molar-refractivity contribution in [3.8, 4) is 0 Å². The molecule has 1 saturated heterocycles. The fourth-order valence-electron chi connectivity index (χ4n) is 3.08. The number of carboxylic acid groups (broad SMARTS) is 1. The van der Waals surface area contributed by atoms with E-state index in [1.54, 1.807) is 5.38 Å². The summed E-state index contributed by atoms with van der Waals surface area (Å²) in [7, 11) is 0. The van der Waals surface area contributed by atoms with Crippen LogP contribution >= 0.6 is 11.3 Å². The van der Waals surface area contributed by atoms with Crippen LogP contribution in [0.4, 0.5) is 0 Å². The summed E-state index contributed by atoms with van der Waals surface area (Å²) < 4.78 is 0. The number of thiazole rings is 1. The highest BCUT2D eigenvalue weighted by molar-refractivity contribution is 7.09. The van der Waals surface area contributed by atoms with E-state index in [-0.39, 0.29) is 23.6 Å². The second kappa shape index (κ2) is 5.97. The van der Waals surface area contributed by atoms with Gasteiger partial charge in [-0.1, -0.05) is 12.2 Å². The summed E-state index contributed by atoms with van der Waals surface area (Å²) in [6.07, 6.45) is 8.75. The third-order valence-electron chi connectivity index (χ3n) is 4.18. The number of hydrogen-bond donors (Lipinski definition) is 1. The zero-order valence-corrected chi connectivity index (χ0v) is 12.5. The molecule has 0 saturated carbocycles. The third kappa shape index (κ3) is 2.85. The molecule has 112 valence electrons. The Morgan fingerprint density at radius 1 is 1.33 bits per heavy atom. The molecule has 1 N–H and O–H groups in total. The van der Waals surface area contributed by atoms with E-state index in [0.29, 0.717) is 0 Å². The SMILES string of the molecule is O=C(O)c1csc(C2CCCN2C(=O)C2CC=CCC2)n1. The Labute approximate surface area is 127 Å². The standard InChI is InChI=1S/C15H18N2O3S/c18-14(10-5-2-1-3-6-10)17-8-4-7-12(17)13-16-11(9-21-13)15(19)20/h1-2,9-10,12H,3-8H2,(H,19,20). The molecular weight excluding hydrogens is 288 g/mol. The van der Waals surface area contributed by atoms with Crippen molar-refractivity contribution in [2.75, 3.05) is 6.54 Å². The van der Waals surface area contributed by atoms with Crippen LogP contribution in [-0.4, -0.2) is 33.4 Å². The van der Waals surface area contributed by atoms with Crippen LogP contribution < -0.4 is 0 Å². The van der Waals surface area contributed by atoms with Crippen molar-refractivity contribution in [2.24, 2.45) is 5.92 Å². The number of nitrogens with zero attached hydrogens (tertiary/aromatic N) is 2. The van der Waals surface area contributed by atoms with Crippen LogP contribution in [0.25, 0.3) is 0 Å². The van der Waals surface area contributed by atoms with E-state index in [1.165, 1.54) is 11.3 Å². The van der Waals surface area contributed by atoms with E-state index < -0.39 is 5.97 Å². The molecule has 3 rings (SSSR count). The predicted octanol–water partition coefficient (Wildman–Crippen LogP) is 2.86. The number of carbonyl (C=O) groups excluding carboxylic acids is 1. The third-order valence-corrected chi connectivity index (χ3v) is 5.13. The summed E-state index contributed by atoms with van der Waals surface area (Å²) in [5.41, 5.74) is 0.0786. The zero-order chi connectivity index (χ0) is 14.8. The lowest BCUT2D eigenvalue weighted by Gasteiger charge is -2.28. The first-order chi connectivity index (χ1) is 10.2. The maximum absolute atomic E-state index is 12.7. The van der Waals surface area contributed by atoms with Crippen LogP contribution in [0, 0.1) is 5.92 Å². The van der Waals surface area contributed by atoms with Crippen LogP contribution in [0.2, 0.25) is 0 Å². The molecule has 0 aromatic carbocycles. The van der Waals surface area contributed by atoms with Gasteiger partial charge in [0.15, 0.2) is 5.69 Å². The quantitative estimate of drug-likeness (QED) is 0.872. The maximum atomic E-state index is 12.7. The van der Waals surface area contributed by atoms with Gasteiger partial charge in [0.2, 0.25) is 5.91 Å². The molecule has 6 heteroatoms. The Bertz CT molecular complexity index is 581. The fraction of sp³-hybridized carbons (Fsp3) is 0.533. The van der Waals surface area contributed by atoms with Crippen molar-refractivity contribution in [2.45, 2.75) is 38.1 Å². The van der Waals surface area contributed by atoms with Crippen molar-refractivity contribution >= 4 is 23.2 Å². The molecule has 2 heterocycles. The molecule has 5 nitrogen and oxygen atoms in total. The lowest BCUT2D eigenvalue weighted by Crippen LogP contribution is -2.36. The minimum absolute atomic E-state index is 0.0403. The minimum Gasteiger partial charge on any atom is -0.476 e. The molecule has 0 radical (unpaired) electrons. The smallest absolute Gasteiger partial charge is 0.355 e. The normalized spacial score (nSPS) is 25.2. The monoisotopic (exact) mass is 306 g/mol. The Hall–Kier alpha value is -1.69. The number of rotatable bonds is 3. The van der Waals surface area contributed by atoms with E-state index in [2.05, 4.69) is 17.1 Å². The molecule has 21 heavy (non-hydrogen) atoms. The molecule has 0 spiro atoms. The van der Waals surface area contributed by atoms with Gasteiger partial charge in [0, 0.05) is 17.8 Å². The fourth-order valence-corrected chi connectivity index (χ4v) is 4.02. The molecular formula is C15H18N2O3S. The number of aromatic nitrogens is 1. The number of aromatic carboxylic acids is 1. The first-order valence-electron chi connectivity index (χ1n) is 7.31. The summed E-state index contributed by atoms with van der Waals surface area (Å²) >= 11 is 1.34.